The van der Waals surface area contributed by atoms with Gasteiger partial charge in [-0.25, -0.2) is 0 Å². The van der Waals surface area contributed by atoms with Crippen LogP contribution in [0.1, 0.15) is 0 Å². The number of nitrogens with zero attached hydrogens (tertiary/aromatic N) is 1. The van der Waals surface area contributed by atoms with Crippen molar-refractivity contribution in [2.75, 3.05) is 12.8 Å². The maximum atomic E-state index is 4.11. The zero-order valence-corrected chi connectivity index (χ0v) is 6.30. The molecular formula is C4H8N2S2. The first-order valence-electron chi connectivity index (χ1n) is 2.29. The van der Waals surface area contributed by atoms with Gasteiger partial charge in [-0.1, -0.05) is 0 Å². The van der Waals surface area contributed by atoms with Gasteiger partial charge >= 0.3 is 0 Å². The molecule has 4 heteroatoms. The number of nitrogens with one attached hydrogen (secondary N) is 1. The summed E-state index contributed by atoms with van der Waals surface area (Å²) in [5.74, 6) is 0.802. The third-order valence-electron chi connectivity index (χ3n) is 0.977. The van der Waals surface area contributed by atoms with E-state index in [0.717, 1.165) is 5.75 Å². The summed E-state index contributed by atoms with van der Waals surface area (Å²) in [5.41, 5.74) is 1.22. The van der Waals surface area contributed by atoms with Gasteiger partial charge in [-0.15, -0.1) is 0 Å². The highest BCUT2D eigenvalue weighted by atomic mass is 32.2. The lowest BCUT2D eigenvalue weighted by molar-refractivity contribution is 0.409. The van der Waals surface area contributed by atoms with E-state index in [1.165, 1.54) is 5.70 Å². The van der Waals surface area contributed by atoms with Crippen molar-refractivity contribution in [1.82, 2.24) is 9.84 Å². The first kappa shape index (κ1) is 6.32. The number of hydrogen-bond acceptors (Lipinski definition) is 4. The van der Waals surface area contributed by atoms with E-state index in [1.807, 2.05) is 17.5 Å². The summed E-state index contributed by atoms with van der Waals surface area (Å²) in [6, 6.07) is 0. The van der Waals surface area contributed by atoms with Crippen LogP contribution in [-0.4, -0.2) is 17.8 Å². The van der Waals surface area contributed by atoms with Crippen LogP contribution in [0.15, 0.2) is 11.1 Å². The molecule has 0 saturated carbocycles. The van der Waals surface area contributed by atoms with Gasteiger partial charge in [0.1, 0.15) is 0 Å². The van der Waals surface area contributed by atoms with E-state index < -0.39 is 0 Å². The minimum absolute atomic E-state index is 0.802. The van der Waals surface area contributed by atoms with Crippen LogP contribution in [0.4, 0.5) is 0 Å². The van der Waals surface area contributed by atoms with Crippen molar-refractivity contribution < 1.29 is 0 Å². The Labute approximate surface area is 58.8 Å². The van der Waals surface area contributed by atoms with Gasteiger partial charge in [-0.3, -0.25) is 0 Å². The van der Waals surface area contributed by atoms with E-state index >= 15 is 0 Å². The van der Waals surface area contributed by atoms with Gasteiger partial charge in [0.2, 0.25) is 0 Å². The van der Waals surface area contributed by atoms with E-state index in [2.05, 4.69) is 17.5 Å². The zero-order valence-electron chi connectivity index (χ0n) is 4.59. The predicted octanol–water partition coefficient (Wildman–Crippen LogP) is 0.856. The monoisotopic (exact) mass is 148 g/mol. The average Bonchev–Trinajstić information content (AvgIpc) is 2.14. The number of rotatable bonds is 1. The van der Waals surface area contributed by atoms with Crippen LogP contribution in [0.2, 0.25) is 0 Å². The van der Waals surface area contributed by atoms with E-state index in [1.54, 1.807) is 11.9 Å². The highest BCUT2D eigenvalue weighted by Crippen LogP contribution is 2.15. The van der Waals surface area contributed by atoms with Crippen LogP contribution in [0.25, 0.3) is 0 Å². The molecule has 0 atom stereocenters. The van der Waals surface area contributed by atoms with E-state index in [4.69, 9.17) is 0 Å². The van der Waals surface area contributed by atoms with Crippen LogP contribution in [0.5, 0.6) is 0 Å². The molecule has 1 rings (SSSR count). The second kappa shape index (κ2) is 2.66. The maximum Gasteiger partial charge on any atom is 0.0472 e. The molecule has 0 bridgehead atoms. The highest BCUT2D eigenvalue weighted by Gasteiger charge is 2.06. The fourth-order valence-corrected chi connectivity index (χ4v) is 1.59. The summed E-state index contributed by atoms with van der Waals surface area (Å²) < 4.78 is 0. The van der Waals surface area contributed by atoms with Crippen LogP contribution >= 0.6 is 24.6 Å². The van der Waals surface area contributed by atoms with Gasteiger partial charge < -0.3 is 5.01 Å². The second-order valence-electron chi connectivity index (χ2n) is 1.54. The van der Waals surface area contributed by atoms with Crippen molar-refractivity contribution in [3.8, 4) is 0 Å². The Kier molecular flexibility index (Phi) is 2.10. The zero-order chi connectivity index (χ0) is 5.98. The lowest BCUT2D eigenvalue weighted by Crippen LogP contribution is -2.23. The lowest BCUT2D eigenvalue weighted by atomic mass is 10.6. The molecule has 0 saturated heterocycles. The fraction of sp³-hybridized carbons (Fsp3) is 0.500. The van der Waals surface area contributed by atoms with Crippen LogP contribution in [0.3, 0.4) is 0 Å². The van der Waals surface area contributed by atoms with Crippen LogP contribution in [0, 0.1) is 0 Å². The third kappa shape index (κ3) is 1.13. The molecule has 0 aromatic rings. The summed E-state index contributed by atoms with van der Waals surface area (Å²) in [6.07, 6.45) is 0. The first-order valence-corrected chi connectivity index (χ1v) is 3.80. The van der Waals surface area contributed by atoms with Crippen LogP contribution < -0.4 is 4.83 Å². The van der Waals surface area contributed by atoms with Crippen molar-refractivity contribution >= 4 is 24.6 Å². The molecular weight excluding hydrogens is 140 g/mol. The molecule has 1 N–H and O–H groups in total. The molecule has 0 aromatic carbocycles. The summed E-state index contributed by atoms with van der Waals surface area (Å²) in [6.45, 7) is 0. The molecule has 0 unspecified atom stereocenters. The number of hydrazine groups is 1. The first-order chi connectivity index (χ1) is 3.84. The Bertz CT molecular complexity index is 113. The summed E-state index contributed by atoms with van der Waals surface area (Å²) in [7, 11) is 1.97. The van der Waals surface area contributed by atoms with Gasteiger partial charge in [0.05, 0.1) is 0 Å². The number of thiol groups is 1. The second-order valence-corrected chi connectivity index (χ2v) is 2.51. The van der Waals surface area contributed by atoms with E-state index in [9.17, 15) is 0 Å². The SMILES string of the molecule is CN1NSC=C1CS. The molecule has 0 aromatic heterocycles. The Morgan fingerprint density at radius 2 is 2.75 bits per heavy atom. The molecule has 0 amide bonds. The average molecular weight is 148 g/mol. The molecule has 1 aliphatic rings. The number of hydrogen-bond donors (Lipinski definition) is 2. The van der Waals surface area contributed by atoms with Crippen molar-refractivity contribution in [3.05, 3.63) is 11.1 Å². The standard InChI is InChI=1S/C4H8N2S2/c1-6-4(2-7)3-8-5-6/h3,5,7H,2H2,1H3. The third-order valence-corrected chi connectivity index (χ3v) is 2.07. The van der Waals surface area contributed by atoms with Gasteiger partial charge in [-0.05, 0) is 11.9 Å². The van der Waals surface area contributed by atoms with Crippen molar-refractivity contribution in [1.29, 1.82) is 0 Å². The Balaban J connectivity index is 2.49. The van der Waals surface area contributed by atoms with Crippen molar-refractivity contribution in [3.63, 3.8) is 0 Å². The minimum atomic E-state index is 0.802. The summed E-state index contributed by atoms with van der Waals surface area (Å²) >= 11 is 5.69. The van der Waals surface area contributed by atoms with E-state index in [0.29, 0.717) is 0 Å². The lowest BCUT2D eigenvalue weighted by Gasteiger charge is -2.11. The molecule has 0 fully saturated rings. The molecule has 1 heterocycles. The molecule has 2 nitrogen and oxygen atoms in total. The van der Waals surface area contributed by atoms with Gasteiger partial charge in [0.15, 0.2) is 0 Å². The van der Waals surface area contributed by atoms with E-state index in [-0.39, 0.29) is 0 Å². The van der Waals surface area contributed by atoms with Crippen LogP contribution in [-0.2, 0) is 0 Å². The van der Waals surface area contributed by atoms with Gasteiger partial charge in [0.25, 0.3) is 0 Å². The largest absolute Gasteiger partial charge is 0.304 e. The summed E-state index contributed by atoms with van der Waals surface area (Å²) in [4.78, 5) is 3.03. The highest BCUT2D eigenvalue weighted by molar-refractivity contribution is 8.00. The predicted molar refractivity (Wildman–Crippen MR) is 40.4 cm³/mol. The Morgan fingerprint density at radius 3 is 3.00 bits per heavy atom. The topological polar surface area (TPSA) is 15.3 Å². The normalized spacial score (nSPS) is 19.2. The maximum absolute atomic E-state index is 4.11. The van der Waals surface area contributed by atoms with Crippen molar-refractivity contribution in [2.45, 2.75) is 0 Å². The molecule has 46 valence electrons. The Morgan fingerprint density at radius 1 is 2.00 bits per heavy atom. The summed E-state index contributed by atoms with van der Waals surface area (Å²) in [5, 5.41) is 4.00. The Hall–Kier alpha value is 0.200. The van der Waals surface area contributed by atoms with Gasteiger partial charge in [0, 0.05) is 23.9 Å². The molecule has 1 aliphatic heterocycles. The molecule has 0 radical (unpaired) electrons. The smallest absolute Gasteiger partial charge is 0.0472 e. The quantitative estimate of drug-likeness (QED) is 0.424. The molecule has 0 aliphatic carbocycles. The minimum Gasteiger partial charge on any atom is -0.304 e. The molecule has 0 spiro atoms. The molecule has 8 heavy (non-hydrogen) atoms. The van der Waals surface area contributed by atoms with Crippen molar-refractivity contribution in [2.24, 2.45) is 0 Å². The van der Waals surface area contributed by atoms with Gasteiger partial charge in [-0.2, -0.15) is 17.5 Å². The fourth-order valence-electron chi connectivity index (χ4n) is 0.454.